The maximum Gasteiger partial charge on any atom is 0.345 e. The van der Waals surface area contributed by atoms with Crippen molar-refractivity contribution in [1.29, 1.82) is 0 Å². The number of hydrogen-bond donors (Lipinski definition) is 1. The predicted octanol–water partition coefficient (Wildman–Crippen LogP) is 4.33. The number of carbonyl (C=O) groups is 2. The normalized spacial score (nSPS) is 10.6. The van der Waals surface area contributed by atoms with Gasteiger partial charge in [-0.25, -0.2) is 10.2 Å². The van der Waals surface area contributed by atoms with Gasteiger partial charge in [-0.3, -0.25) is 4.79 Å². The molecule has 0 aromatic heterocycles. The molecule has 0 saturated heterocycles. The molecule has 0 bridgehead atoms. The third-order valence-electron chi connectivity index (χ3n) is 3.90. The molecule has 0 fully saturated rings. The summed E-state index contributed by atoms with van der Waals surface area (Å²) in [7, 11) is 1.53. The van der Waals surface area contributed by atoms with Crippen molar-refractivity contribution in [2.75, 3.05) is 7.11 Å². The van der Waals surface area contributed by atoms with Crippen LogP contribution in [0.1, 0.15) is 26.3 Å². The van der Waals surface area contributed by atoms with Crippen molar-refractivity contribution in [2.45, 2.75) is 0 Å². The van der Waals surface area contributed by atoms with E-state index in [4.69, 9.17) is 21.1 Å². The number of nitrogens with zero attached hydrogens (tertiary/aromatic N) is 1. The molecule has 0 radical (unpaired) electrons. The van der Waals surface area contributed by atoms with E-state index in [1.807, 2.05) is 0 Å². The molecule has 0 atom stereocenters. The molecule has 6 nitrogen and oxygen atoms in total. The largest absolute Gasteiger partial charge is 0.497 e. The molecule has 3 aromatic rings. The molecule has 0 heterocycles. The van der Waals surface area contributed by atoms with Crippen LogP contribution in [0.2, 0.25) is 5.02 Å². The number of hydrazone groups is 1. The summed E-state index contributed by atoms with van der Waals surface area (Å²) in [5.41, 5.74) is 3.89. The van der Waals surface area contributed by atoms with Crippen molar-refractivity contribution in [1.82, 2.24) is 5.43 Å². The Balaban J connectivity index is 1.58. The van der Waals surface area contributed by atoms with Gasteiger partial charge in [0.1, 0.15) is 11.5 Å². The van der Waals surface area contributed by atoms with E-state index >= 15 is 0 Å². The number of rotatable bonds is 6. The summed E-state index contributed by atoms with van der Waals surface area (Å²) < 4.78 is 10.4. The second kappa shape index (κ2) is 9.52. The van der Waals surface area contributed by atoms with E-state index < -0.39 is 5.97 Å². The van der Waals surface area contributed by atoms with Gasteiger partial charge >= 0.3 is 5.97 Å². The zero-order valence-corrected chi connectivity index (χ0v) is 16.2. The highest BCUT2D eigenvalue weighted by molar-refractivity contribution is 6.33. The first-order chi connectivity index (χ1) is 14.1. The summed E-state index contributed by atoms with van der Waals surface area (Å²) in [6, 6.07) is 20.1. The summed E-state index contributed by atoms with van der Waals surface area (Å²) in [4.78, 5) is 24.2. The van der Waals surface area contributed by atoms with Gasteiger partial charge in [-0.1, -0.05) is 29.8 Å². The molecular weight excluding hydrogens is 392 g/mol. The highest BCUT2D eigenvalue weighted by Crippen LogP contribution is 2.19. The number of hydrogen-bond acceptors (Lipinski definition) is 5. The Morgan fingerprint density at radius 3 is 2.45 bits per heavy atom. The van der Waals surface area contributed by atoms with Crippen LogP contribution in [0, 0.1) is 0 Å². The van der Waals surface area contributed by atoms with E-state index in [0.29, 0.717) is 33.2 Å². The summed E-state index contributed by atoms with van der Waals surface area (Å²) in [6.45, 7) is 0. The maximum atomic E-state index is 12.2. The molecule has 3 rings (SSSR count). The standard InChI is InChI=1S/C22H17ClN2O4/c1-28-18-6-4-5-16(13-18)21(26)25-24-14-15-9-11-17(12-10-15)29-22(27)19-7-2-3-8-20(19)23/h2-14H,1H3,(H,25,26). The Hall–Kier alpha value is -3.64. The summed E-state index contributed by atoms with van der Waals surface area (Å²) in [5, 5.41) is 4.26. The van der Waals surface area contributed by atoms with E-state index in [9.17, 15) is 9.59 Å². The number of carbonyl (C=O) groups excluding carboxylic acids is 2. The van der Waals surface area contributed by atoms with Crippen molar-refractivity contribution >= 4 is 29.7 Å². The van der Waals surface area contributed by atoms with Crippen LogP contribution < -0.4 is 14.9 Å². The molecule has 146 valence electrons. The molecule has 29 heavy (non-hydrogen) atoms. The Labute approximate surface area is 172 Å². The van der Waals surface area contributed by atoms with Crippen molar-refractivity contribution in [2.24, 2.45) is 5.10 Å². The Bertz CT molecular complexity index is 1050. The van der Waals surface area contributed by atoms with Crippen LogP contribution in [0.25, 0.3) is 0 Å². The van der Waals surface area contributed by atoms with Crippen LogP contribution in [0.5, 0.6) is 11.5 Å². The quantitative estimate of drug-likeness (QED) is 0.285. The zero-order valence-electron chi connectivity index (χ0n) is 15.5. The molecule has 1 N–H and O–H groups in total. The number of nitrogens with one attached hydrogen (secondary N) is 1. The van der Waals surface area contributed by atoms with Gasteiger partial charge in [0.2, 0.25) is 0 Å². The van der Waals surface area contributed by atoms with Crippen LogP contribution in [0.3, 0.4) is 0 Å². The molecule has 0 aliphatic rings. The van der Waals surface area contributed by atoms with E-state index in [0.717, 1.165) is 0 Å². The number of halogens is 1. The molecule has 7 heteroatoms. The molecular formula is C22H17ClN2O4. The third-order valence-corrected chi connectivity index (χ3v) is 4.23. The number of methoxy groups -OCH3 is 1. The van der Waals surface area contributed by atoms with Crippen molar-refractivity contribution in [3.8, 4) is 11.5 Å². The van der Waals surface area contributed by atoms with Gasteiger partial charge in [-0.15, -0.1) is 0 Å². The van der Waals surface area contributed by atoms with Crippen LogP contribution in [-0.2, 0) is 0 Å². The van der Waals surface area contributed by atoms with Crippen molar-refractivity contribution < 1.29 is 19.1 Å². The number of benzene rings is 3. The monoisotopic (exact) mass is 408 g/mol. The van der Waals surface area contributed by atoms with Crippen molar-refractivity contribution in [3.05, 3.63) is 94.5 Å². The molecule has 0 unspecified atom stereocenters. The van der Waals surface area contributed by atoms with E-state index in [-0.39, 0.29) is 5.91 Å². The maximum absolute atomic E-state index is 12.2. The highest BCUT2D eigenvalue weighted by Gasteiger charge is 2.12. The van der Waals surface area contributed by atoms with Gasteiger partial charge in [0.05, 0.1) is 23.9 Å². The first-order valence-corrected chi connectivity index (χ1v) is 8.99. The van der Waals surface area contributed by atoms with E-state index in [1.165, 1.54) is 13.3 Å². The van der Waals surface area contributed by atoms with Gasteiger partial charge in [-0.2, -0.15) is 5.10 Å². The fourth-order valence-electron chi connectivity index (χ4n) is 2.40. The van der Waals surface area contributed by atoms with Gasteiger partial charge in [0, 0.05) is 5.56 Å². The second-order valence-electron chi connectivity index (χ2n) is 5.87. The summed E-state index contributed by atoms with van der Waals surface area (Å²) in [5.74, 6) is 0.0593. The average molecular weight is 409 g/mol. The summed E-state index contributed by atoms with van der Waals surface area (Å²) in [6.07, 6.45) is 1.48. The predicted molar refractivity (Wildman–Crippen MR) is 111 cm³/mol. The lowest BCUT2D eigenvalue weighted by atomic mass is 10.2. The molecule has 0 aliphatic carbocycles. The van der Waals surface area contributed by atoms with Gasteiger partial charge in [-0.05, 0) is 60.2 Å². The average Bonchev–Trinajstić information content (AvgIpc) is 2.75. The Kier molecular flexibility index (Phi) is 6.60. The second-order valence-corrected chi connectivity index (χ2v) is 6.28. The minimum absolute atomic E-state index is 0.292. The lowest BCUT2D eigenvalue weighted by molar-refractivity contribution is 0.0734. The van der Waals surface area contributed by atoms with Crippen LogP contribution in [0.15, 0.2) is 77.9 Å². The van der Waals surface area contributed by atoms with E-state index in [1.54, 1.807) is 72.8 Å². The molecule has 3 aromatic carbocycles. The fourth-order valence-corrected chi connectivity index (χ4v) is 2.62. The van der Waals surface area contributed by atoms with Gasteiger partial charge in [0.25, 0.3) is 5.91 Å². The number of esters is 1. The minimum Gasteiger partial charge on any atom is -0.497 e. The zero-order chi connectivity index (χ0) is 20.6. The molecule has 0 aliphatic heterocycles. The smallest absolute Gasteiger partial charge is 0.345 e. The SMILES string of the molecule is COc1cccc(C(=O)NN=Cc2ccc(OC(=O)c3ccccc3Cl)cc2)c1. The number of ether oxygens (including phenoxy) is 2. The third kappa shape index (κ3) is 5.43. The van der Waals surface area contributed by atoms with Crippen molar-refractivity contribution in [3.63, 3.8) is 0 Å². The number of amides is 1. The first-order valence-electron chi connectivity index (χ1n) is 8.61. The lowest BCUT2D eigenvalue weighted by Gasteiger charge is -2.06. The van der Waals surface area contributed by atoms with Crippen LogP contribution in [0.4, 0.5) is 0 Å². The molecule has 0 saturated carbocycles. The van der Waals surface area contributed by atoms with Crippen LogP contribution in [-0.4, -0.2) is 25.2 Å². The van der Waals surface area contributed by atoms with E-state index in [2.05, 4.69) is 10.5 Å². The van der Waals surface area contributed by atoms with Gasteiger partial charge < -0.3 is 9.47 Å². The molecule has 1 amide bonds. The fraction of sp³-hybridized carbons (Fsp3) is 0.0455. The van der Waals surface area contributed by atoms with Gasteiger partial charge in [0.15, 0.2) is 0 Å². The Morgan fingerprint density at radius 1 is 0.966 bits per heavy atom. The Morgan fingerprint density at radius 2 is 1.72 bits per heavy atom. The highest BCUT2D eigenvalue weighted by atomic mass is 35.5. The first kappa shape index (κ1) is 20.1. The van der Waals surface area contributed by atoms with Crippen LogP contribution >= 0.6 is 11.6 Å². The topological polar surface area (TPSA) is 77.0 Å². The minimum atomic E-state index is -0.539. The summed E-state index contributed by atoms with van der Waals surface area (Å²) >= 11 is 5.99. The lowest BCUT2D eigenvalue weighted by Crippen LogP contribution is -2.17. The molecule has 0 spiro atoms.